The predicted octanol–water partition coefficient (Wildman–Crippen LogP) is 3.52. The topological polar surface area (TPSA) is 87.5 Å². The van der Waals surface area contributed by atoms with Gasteiger partial charge in [-0.05, 0) is 53.9 Å². The van der Waals surface area contributed by atoms with Crippen molar-refractivity contribution < 1.29 is 23.7 Å². The Morgan fingerprint density at radius 1 is 1.09 bits per heavy atom. The monoisotopic (exact) mass is 440 g/mol. The summed E-state index contributed by atoms with van der Waals surface area (Å²) in [6.45, 7) is 1.41. The lowest BCUT2D eigenvalue weighted by molar-refractivity contribution is 0.0776. The molecule has 6 nitrogen and oxygen atoms in total. The number of halogens is 2. The molecule has 3 N–H and O–H groups in total. The molecule has 1 atom stereocenters. The van der Waals surface area contributed by atoms with Gasteiger partial charge < -0.3 is 14.9 Å². The smallest absolute Gasteiger partial charge is 0.274 e. The normalized spacial score (nSPS) is 12.3. The number of fused-ring (bicyclic) bond motifs is 1. The predicted molar refractivity (Wildman–Crippen MR) is 117 cm³/mol. The van der Waals surface area contributed by atoms with Gasteiger partial charge in [0, 0.05) is 5.56 Å². The summed E-state index contributed by atoms with van der Waals surface area (Å²) in [6.07, 6.45) is -1.04. The highest BCUT2D eigenvalue weighted by Crippen LogP contribution is 2.28. The van der Waals surface area contributed by atoms with Crippen LogP contribution in [0.5, 0.6) is 5.75 Å². The number of aliphatic hydroxyl groups excluding tert-OH is 2. The van der Waals surface area contributed by atoms with E-state index in [0.717, 1.165) is 11.1 Å². The number of aromatic nitrogens is 2. The van der Waals surface area contributed by atoms with Gasteiger partial charge in [-0.3, -0.25) is 9.89 Å². The van der Waals surface area contributed by atoms with Crippen LogP contribution in [0.3, 0.4) is 0 Å². The zero-order valence-electron chi connectivity index (χ0n) is 17.3. The number of para-hydroxylation sites is 1. The lowest BCUT2D eigenvalue weighted by atomic mass is 10.0. The minimum Gasteiger partial charge on any atom is -0.489 e. The summed E-state index contributed by atoms with van der Waals surface area (Å²) in [5.41, 5.74) is 3.02. The van der Waals surface area contributed by atoms with E-state index in [0.29, 0.717) is 27.8 Å². The number of hydrogen-bond acceptors (Lipinski definition) is 4. The maximum Gasteiger partial charge on any atom is 0.274 e. The number of nitrogens with zero attached hydrogens (tertiary/aromatic N) is 1. The number of ether oxygens (including phenoxy) is 1. The Morgan fingerprint density at radius 3 is 2.53 bits per heavy atom. The molecule has 4 aromatic rings. The summed E-state index contributed by atoms with van der Waals surface area (Å²) < 4.78 is 34.1. The zero-order valence-corrected chi connectivity index (χ0v) is 17.3. The first-order valence-electron chi connectivity index (χ1n) is 10.1. The second-order valence-electron chi connectivity index (χ2n) is 7.60. The lowest BCUT2D eigenvalue weighted by Crippen LogP contribution is -2.27. The second kappa shape index (κ2) is 8.94. The number of nitrogens with one attached hydrogen (secondary N) is 1. The maximum absolute atomic E-state index is 13.6. The van der Waals surface area contributed by atoms with E-state index in [1.807, 2.05) is 6.07 Å². The van der Waals surface area contributed by atoms with E-state index in [9.17, 15) is 18.7 Å². The van der Waals surface area contributed by atoms with Crippen molar-refractivity contribution in [3.05, 3.63) is 87.7 Å². The number of H-pyrrole nitrogens is 1. The van der Waals surface area contributed by atoms with Crippen LogP contribution in [-0.4, -0.2) is 32.7 Å². The SMILES string of the molecule is Cc1cc(F)c(F)cc1-c1ccc(OCc2cccc3c(=O)n(C[C@H](O)CO)[nH]c23)cc1. The maximum atomic E-state index is 13.6. The first kappa shape index (κ1) is 21.7. The largest absolute Gasteiger partial charge is 0.489 e. The molecule has 0 aliphatic rings. The van der Waals surface area contributed by atoms with Crippen molar-refractivity contribution in [3.63, 3.8) is 0 Å². The third-order valence-corrected chi connectivity index (χ3v) is 5.30. The molecule has 8 heteroatoms. The van der Waals surface area contributed by atoms with Crippen molar-refractivity contribution in [1.29, 1.82) is 0 Å². The van der Waals surface area contributed by atoms with E-state index < -0.39 is 24.3 Å². The fourth-order valence-corrected chi connectivity index (χ4v) is 3.61. The average Bonchev–Trinajstić information content (AvgIpc) is 3.11. The quantitative estimate of drug-likeness (QED) is 0.410. The van der Waals surface area contributed by atoms with Crippen molar-refractivity contribution in [2.24, 2.45) is 0 Å². The molecule has 0 fully saturated rings. The van der Waals surface area contributed by atoms with Crippen LogP contribution in [0.25, 0.3) is 22.0 Å². The number of aromatic amines is 1. The highest BCUT2D eigenvalue weighted by Gasteiger charge is 2.13. The van der Waals surface area contributed by atoms with Crippen LogP contribution in [0.15, 0.2) is 59.4 Å². The van der Waals surface area contributed by atoms with Crippen LogP contribution in [0.1, 0.15) is 11.1 Å². The van der Waals surface area contributed by atoms with E-state index in [-0.39, 0.29) is 18.7 Å². The highest BCUT2D eigenvalue weighted by atomic mass is 19.2. The molecule has 0 unspecified atom stereocenters. The highest BCUT2D eigenvalue weighted by molar-refractivity contribution is 5.81. The van der Waals surface area contributed by atoms with E-state index in [1.54, 1.807) is 43.3 Å². The van der Waals surface area contributed by atoms with Crippen molar-refractivity contribution in [2.75, 3.05) is 6.61 Å². The van der Waals surface area contributed by atoms with E-state index in [1.165, 1.54) is 16.8 Å². The van der Waals surface area contributed by atoms with Crippen molar-refractivity contribution in [1.82, 2.24) is 9.78 Å². The van der Waals surface area contributed by atoms with Gasteiger partial charge in [0.1, 0.15) is 12.4 Å². The Balaban J connectivity index is 1.53. The van der Waals surface area contributed by atoms with Gasteiger partial charge in [0.2, 0.25) is 0 Å². The number of aryl methyl sites for hydroxylation is 1. The molecule has 0 bridgehead atoms. The molecule has 1 aromatic heterocycles. The summed E-state index contributed by atoms with van der Waals surface area (Å²) in [4.78, 5) is 12.5. The summed E-state index contributed by atoms with van der Waals surface area (Å²) in [6, 6.07) is 14.6. The fraction of sp³-hybridized carbons (Fsp3) is 0.208. The summed E-state index contributed by atoms with van der Waals surface area (Å²) >= 11 is 0. The molecule has 4 rings (SSSR count). The first-order chi connectivity index (χ1) is 15.4. The van der Waals surface area contributed by atoms with Gasteiger partial charge in [-0.15, -0.1) is 0 Å². The Bertz CT molecular complexity index is 1310. The van der Waals surface area contributed by atoms with Gasteiger partial charge in [-0.2, -0.15) is 0 Å². The minimum atomic E-state index is -1.04. The molecular weight excluding hydrogens is 418 g/mol. The van der Waals surface area contributed by atoms with E-state index in [2.05, 4.69) is 5.10 Å². The molecule has 3 aromatic carbocycles. The fourth-order valence-electron chi connectivity index (χ4n) is 3.61. The number of aliphatic hydroxyl groups is 2. The zero-order chi connectivity index (χ0) is 22.8. The van der Waals surface area contributed by atoms with Crippen LogP contribution >= 0.6 is 0 Å². The average molecular weight is 440 g/mol. The lowest BCUT2D eigenvalue weighted by Gasteiger charge is -2.10. The van der Waals surface area contributed by atoms with Crippen LogP contribution in [0.2, 0.25) is 0 Å². The van der Waals surface area contributed by atoms with Crippen LogP contribution in [0.4, 0.5) is 8.78 Å². The standard InChI is InChI=1S/C24H22F2N2O4/c1-14-9-21(25)22(26)10-20(14)15-5-7-18(8-6-15)32-13-16-3-2-4-19-23(16)27-28(24(19)31)11-17(30)12-29/h2-10,17,27,29-30H,11-13H2,1H3/t17-/m0/s1. The summed E-state index contributed by atoms with van der Waals surface area (Å²) in [5.74, 6) is -1.20. The number of hydrogen-bond donors (Lipinski definition) is 3. The second-order valence-corrected chi connectivity index (χ2v) is 7.60. The number of rotatable bonds is 7. The Labute approximate surface area is 182 Å². The third kappa shape index (κ3) is 4.28. The van der Waals surface area contributed by atoms with Crippen molar-refractivity contribution in [2.45, 2.75) is 26.2 Å². The van der Waals surface area contributed by atoms with E-state index in [4.69, 9.17) is 9.84 Å². The Morgan fingerprint density at radius 2 is 1.81 bits per heavy atom. The molecule has 0 radical (unpaired) electrons. The van der Waals surface area contributed by atoms with Gasteiger partial charge in [0.25, 0.3) is 5.56 Å². The minimum absolute atomic E-state index is 0.0465. The Hall–Kier alpha value is -3.49. The summed E-state index contributed by atoms with van der Waals surface area (Å²) in [5, 5.41) is 22.1. The van der Waals surface area contributed by atoms with Gasteiger partial charge in [-0.1, -0.05) is 24.3 Å². The van der Waals surface area contributed by atoms with Crippen LogP contribution < -0.4 is 10.3 Å². The van der Waals surface area contributed by atoms with E-state index >= 15 is 0 Å². The first-order valence-corrected chi connectivity index (χ1v) is 10.1. The van der Waals surface area contributed by atoms with Gasteiger partial charge in [0.15, 0.2) is 11.6 Å². The molecule has 32 heavy (non-hydrogen) atoms. The molecule has 0 saturated carbocycles. The van der Waals surface area contributed by atoms with Crippen molar-refractivity contribution in [3.8, 4) is 16.9 Å². The molecule has 0 spiro atoms. The molecule has 0 aliphatic carbocycles. The number of benzene rings is 3. The molecule has 0 amide bonds. The molecule has 0 saturated heterocycles. The molecule has 166 valence electrons. The molecular formula is C24H22F2N2O4. The summed E-state index contributed by atoms with van der Waals surface area (Å²) in [7, 11) is 0. The van der Waals surface area contributed by atoms with Crippen molar-refractivity contribution >= 4 is 10.9 Å². The van der Waals surface area contributed by atoms with Gasteiger partial charge in [-0.25, -0.2) is 13.5 Å². The third-order valence-electron chi connectivity index (χ3n) is 5.30. The molecule has 1 heterocycles. The van der Waals surface area contributed by atoms with Crippen LogP contribution in [0, 0.1) is 18.6 Å². The Kier molecular flexibility index (Phi) is 6.07. The van der Waals surface area contributed by atoms with Gasteiger partial charge in [0.05, 0.1) is 30.2 Å². The van der Waals surface area contributed by atoms with Gasteiger partial charge >= 0.3 is 0 Å². The van der Waals surface area contributed by atoms with Crippen LogP contribution in [-0.2, 0) is 13.2 Å². The molecule has 0 aliphatic heterocycles.